The summed E-state index contributed by atoms with van der Waals surface area (Å²) in [6.07, 6.45) is 1.89. The molecule has 0 spiro atoms. The molecule has 0 aromatic carbocycles. The fourth-order valence-corrected chi connectivity index (χ4v) is 4.79. The van der Waals surface area contributed by atoms with E-state index in [9.17, 15) is 13.2 Å². The van der Waals surface area contributed by atoms with E-state index in [1.807, 2.05) is 13.8 Å². The van der Waals surface area contributed by atoms with Crippen molar-refractivity contribution in [2.24, 2.45) is 5.92 Å². The maximum atomic E-state index is 12.4. The van der Waals surface area contributed by atoms with Gasteiger partial charge in [-0.2, -0.15) is 4.72 Å². The molecule has 2 N–H and O–H groups in total. The average Bonchev–Trinajstić information content (AvgIpc) is 3.14. The molecule has 9 heteroatoms. The summed E-state index contributed by atoms with van der Waals surface area (Å²) in [5, 5.41) is 2.69. The van der Waals surface area contributed by atoms with Crippen LogP contribution in [0.25, 0.3) is 0 Å². The van der Waals surface area contributed by atoms with Crippen LogP contribution in [0.2, 0.25) is 4.34 Å². The van der Waals surface area contributed by atoms with Crippen LogP contribution in [-0.2, 0) is 21.4 Å². The molecular formula is C15H19ClN2O4S2. The van der Waals surface area contributed by atoms with Crippen molar-refractivity contribution in [2.45, 2.75) is 37.1 Å². The van der Waals surface area contributed by atoms with Gasteiger partial charge in [-0.3, -0.25) is 4.79 Å². The molecule has 6 nitrogen and oxygen atoms in total. The molecule has 0 saturated carbocycles. The molecule has 1 amide bonds. The number of amides is 1. The predicted molar refractivity (Wildman–Crippen MR) is 93.4 cm³/mol. The number of sulfonamides is 1. The molecule has 2 aromatic heterocycles. The van der Waals surface area contributed by atoms with Crippen molar-refractivity contribution in [1.82, 2.24) is 10.0 Å². The molecule has 2 aromatic rings. The van der Waals surface area contributed by atoms with Crippen molar-refractivity contribution in [2.75, 3.05) is 0 Å². The first-order chi connectivity index (χ1) is 11.3. The van der Waals surface area contributed by atoms with Crippen molar-refractivity contribution in [3.8, 4) is 0 Å². The quantitative estimate of drug-likeness (QED) is 0.725. The van der Waals surface area contributed by atoms with Crippen molar-refractivity contribution in [3.05, 3.63) is 40.6 Å². The fourth-order valence-electron chi connectivity index (χ4n) is 2.08. The number of thiophene rings is 1. The van der Waals surface area contributed by atoms with E-state index in [1.54, 1.807) is 12.1 Å². The second-order valence-corrected chi connectivity index (χ2v) is 9.32. The summed E-state index contributed by atoms with van der Waals surface area (Å²) in [5.74, 6) is 0.338. The number of hydrogen-bond donors (Lipinski definition) is 2. The lowest BCUT2D eigenvalue weighted by molar-refractivity contribution is -0.123. The van der Waals surface area contributed by atoms with Gasteiger partial charge in [-0.15, -0.1) is 11.3 Å². The molecule has 24 heavy (non-hydrogen) atoms. The molecule has 0 bridgehead atoms. The van der Waals surface area contributed by atoms with Crippen molar-refractivity contribution < 1.29 is 17.6 Å². The number of rotatable bonds is 8. The molecular weight excluding hydrogens is 372 g/mol. The van der Waals surface area contributed by atoms with Gasteiger partial charge in [0, 0.05) is 0 Å². The summed E-state index contributed by atoms with van der Waals surface area (Å²) < 4.78 is 32.9. The molecule has 0 aliphatic rings. The van der Waals surface area contributed by atoms with E-state index in [1.165, 1.54) is 18.4 Å². The molecule has 0 fully saturated rings. The molecule has 0 unspecified atom stereocenters. The van der Waals surface area contributed by atoms with Crippen LogP contribution < -0.4 is 10.0 Å². The Morgan fingerprint density at radius 1 is 1.33 bits per heavy atom. The summed E-state index contributed by atoms with van der Waals surface area (Å²) in [5.41, 5.74) is 0. The summed E-state index contributed by atoms with van der Waals surface area (Å²) in [7, 11) is -3.80. The summed E-state index contributed by atoms with van der Waals surface area (Å²) in [6, 6.07) is 5.51. The second kappa shape index (κ2) is 8.15. The lowest BCUT2D eigenvalue weighted by atomic mass is 10.0. The highest BCUT2D eigenvalue weighted by molar-refractivity contribution is 7.91. The third-order valence-corrected chi connectivity index (χ3v) is 6.35. The van der Waals surface area contributed by atoms with E-state index in [-0.39, 0.29) is 16.7 Å². The van der Waals surface area contributed by atoms with Crippen LogP contribution >= 0.6 is 22.9 Å². The Hall–Kier alpha value is -1.35. The van der Waals surface area contributed by atoms with Crippen LogP contribution in [0.15, 0.2) is 39.2 Å². The van der Waals surface area contributed by atoms with Crippen LogP contribution in [0.5, 0.6) is 0 Å². The molecule has 0 aliphatic carbocycles. The topological polar surface area (TPSA) is 88.4 Å². The van der Waals surface area contributed by atoms with Crippen molar-refractivity contribution >= 4 is 38.9 Å². The van der Waals surface area contributed by atoms with E-state index in [0.717, 1.165) is 11.3 Å². The second-order valence-electron chi connectivity index (χ2n) is 5.66. The monoisotopic (exact) mass is 390 g/mol. The summed E-state index contributed by atoms with van der Waals surface area (Å²) in [6.45, 7) is 4.04. The Balaban J connectivity index is 2.08. The average molecular weight is 391 g/mol. The zero-order valence-electron chi connectivity index (χ0n) is 13.3. The van der Waals surface area contributed by atoms with E-state index in [2.05, 4.69) is 10.0 Å². The Morgan fingerprint density at radius 3 is 2.62 bits per heavy atom. The minimum atomic E-state index is -3.80. The number of carbonyl (C=O) groups excluding carboxylic acids is 1. The van der Waals surface area contributed by atoms with Gasteiger partial charge in [-0.25, -0.2) is 8.42 Å². The lowest BCUT2D eigenvalue weighted by Gasteiger charge is -2.19. The Bertz CT molecular complexity index is 769. The van der Waals surface area contributed by atoms with Crippen molar-refractivity contribution in [1.29, 1.82) is 0 Å². The summed E-state index contributed by atoms with van der Waals surface area (Å²) in [4.78, 5) is 12.4. The zero-order valence-corrected chi connectivity index (χ0v) is 15.7. The molecule has 1 atom stereocenters. The number of hydrogen-bond acceptors (Lipinski definition) is 5. The predicted octanol–water partition coefficient (Wildman–Crippen LogP) is 3.00. The number of nitrogens with one attached hydrogen (secondary N) is 2. The first kappa shape index (κ1) is 19.0. The molecule has 0 radical (unpaired) electrons. The number of halogens is 1. The van der Waals surface area contributed by atoms with Gasteiger partial charge in [0.15, 0.2) is 0 Å². The van der Waals surface area contributed by atoms with Gasteiger partial charge in [-0.1, -0.05) is 25.4 Å². The normalized spacial score (nSPS) is 13.2. The highest BCUT2D eigenvalue weighted by Gasteiger charge is 2.27. The molecule has 0 saturated heterocycles. The Kier molecular flexibility index (Phi) is 6.45. The van der Waals surface area contributed by atoms with E-state index < -0.39 is 22.0 Å². The number of carbonyl (C=O) groups is 1. The van der Waals surface area contributed by atoms with Gasteiger partial charge >= 0.3 is 0 Å². The molecule has 132 valence electrons. The van der Waals surface area contributed by atoms with Gasteiger partial charge < -0.3 is 9.73 Å². The van der Waals surface area contributed by atoms with E-state index in [4.69, 9.17) is 16.0 Å². The minimum absolute atomic E-state index is 0.0834. The SMILES string of the molecule is CC(C)C[C@H](NS(=O)(=O)c1ccc(Cl)s1)C(=O)NCc1ccco1. The summed E-state index contributed by atoms with van der Waals surface area (Å²) >= 11 is 6.74. The van der Waals surface area contributed by atoms with Gasteiger partial charge in [-0.05, 0) is 36.6 Å². The smallest absolute Gasteiger partial charge is 0.250 e. The van der Waals surface area contributed by atoms with Crippen molar-refractivity contribution in [3.63, 3.8) is 0 Å². The maximum Gasteiger partial charge on any atom is 0.250 e. The first-order valence-electron chi connectivity index (χ1n) is 7.35. The van der Waals surface area contributed by atoms with Crippen LogP contribution in [-0.4, -0.2) is 20.4 Å². The molecule has 2 rings (SSSR count). The van der Waals surface area contributed by atoms with E-state index >= 15 is 0 Å². The molecule has 0 aliphatic heterocycles. The van der Waals surface area contributed by atoms with Gasteiger partial charge in [0.1, 0.15) is 16.0 Å². The third-order valence-electron chi connectivity index (χ3n) is 3.15. The van der Waals surface area contributed by atoms with E-state index in [0.29, 0.717) is 16.5 Å². The molecule has 2 heterocycles. The van der Waals surface area contributed by atoms with Gasteiger partial charge in [0.2, 0.25) is 5.91 Å². The standard InChI is InChI=1S/C15H19ClN2O4S2/c1-10(2)8-12(15(19)17-9-11-4-3-7-22-11)18-24(20,21)14-6-5-13(16)23-14/h3-7,10,12,18H,8-9H2,1-2H3,(H,17,19)/t12-/m0/s1. The largest absolute Gasteiger partial charge is 0.467 e. The Labute approximate surface area is 150 Å². The van der Waals surface area contributed by atoms with Gasteiger partial charge in [0.05, 0.1) is 17.1 Å². The fraction of sp³-hybridized carbons (Fsp3) is 0.400. The van der Waals surface area contributed by atoms with Gasteiger partial charge in [0.25, 0.3) is 10.0 Å². The minimum Gasteiger partial charge on any atom is -0.467 e. The number of furan rings is 1. The lowest BCUT2D eigenvalue weighted by Crippen LogP contribution is -2.46. The Morgan fingerprint density at radius 2 is 2.08 bits per heavy atom. The highest BCUT2D eigenvalue weighted by Crippen LogP contribution is 2.25. The highest BCUT2D eigenvalue weighted by atomic mass is 35.5. The van der Waals surface area contributed by atoms with Crippen LogP contribution in [0.3, 0.4) is 0 Å². The van der Waals surface area contributed by atoms with Crippen LogP contribution in [0.1, 0.15) is 26.0 Å². The van der Waals surface area contributed by atoms with Crippen LogP contribution in [0, 0.1) is 5.92 Å². The first-order valence-corrected chi connectivity index (χ1v) is 10.0. The third kappa shape index (κ3) is 5.34. The van der Waals surface area contributed by atoms with Crippen LogP contribution in [0.4, 0.5) is 0 Å². The zero-order chi connectivity index (χ0) is 17.7. The maximum absolute atomic E-state index is 12.4.